The lowest BCUT2D eigenvalue weighted by Gasteiger charge is -2.16. The number of hydrogen-bond acceptors (Lipinski definition) is 4. The van der Waals surface area contributed by atoms with Crippen LogP contribution in [-0.4, -0.2) is 26.3 Å². The number of nitrogens with one attached hydrogen (secondary N) is 3. The lowest BCUT2D eigenvalue weighted by Crippen LogP contribution is -2.27. The maximum absolute atomic E-state index is 12.7. The van der Waals surface area contributed by atoms with Gasteiger partial charge >= 0.3 is 0 Å². The number of carbonyl (C=O) groups excluding carboxylic acids is 2. The summed E-state index contributed by atoms with van der Waals surface area (Å²) in [6.45, 7) is 1.84. The van der Waals surface area contributed by atoms with Crippen LogP contribution in [0.5, 0.6) is 0 Å². The molecule has 0 heterocycles. The molecule has 0 aromatic heterocycles. The zero-order valence-electron chi connectivity index (χ0n) is 18.1. The Hall–Kier alpha value is -3.49. The van der Waals surface area contributed by atoms with Crippen molar-refractivity contribution in [2.75, 3.05) is 5.32 Å². The van der Waals surface area contributed by atoms with Gasteiger partial charge in [0.2, 0.25) is 10.0 Å². The maximum atomic E-state index is 12.7. The molecule has 0 spiro atoms. The van der Waals surface area contributed by atoms with Gasteiger partial charge in [-0.15, -0.1) is 0 Å². The van der Waals surface area contributed by atoms with E-state index >= 15 is 0 Å². The summed E-state index contributed by atoms with van der Waals surface area (Å²) in [6.07, 6.45) is 1.71. The van der Waals surface area contributed by atoms with E-state index in [9.17, 15) is 18.0 Å². The van der Waals surface area contributed by atoms with E-state index in [0.717, 1.165) is 18.4 Å². The Morgan fingerprint density at radius 2 is 1.52 bits per heavy atom. The molecule has 8 heteroatoms. The summed E-state index contributed by atoms with van der Waals surface area (Å²) in [5.41, 5.74) is 2.37. The highest BCUT2D eigenvalue weighted by Crippen LogP contribution is 2.23. The van der Waals surface area contributed by atoms with Crippen molar-refractivity contribution >= 4 is 27.5 Å². The lowest BCUT2D eigenvalue weighted by atomic mass is 10.1. The fourth-order valence-electron chi connectivity index (χ4n) is 3.32. The highest BCUT2D eigenvalue weighted by molar-refractivity contribution is 7.89. The average Bonchev–Trinajstić information content (AvgIpc) is 3.63. The van der Waals surface area contributed by atoms with Gasteiger partial charge in [0, 0.05) is 22.9 Å². The van der Waals surface area contributed by atoms with Crippen molar-refractivity contribution in [2.45, 2.75) is 36.7 Å². The number of hydrogen-bond donors (Lipinski definition) is 3. The molecule has 1 unspecified atom stereocenters. The second-order valence-corrected chi connectivity index (χ2v) is 9.77. The molecule has 33 heavy (non-hydrogen) atoms. The number of carbonyl (C=O) groups is 2. The van der Waals surface area contributed by atoms with Crippen molar-refractivity contribution in [3.8, 4) is 0 Å². The normalized spacial score (nSPS) is 14.3. The fraction of sp³-hybridized carbons (Fsp3) is 0.200. The minimum Gasteiger partial charge on any atom is -0.346 e. The first kappa shape index (κ1) is 22.7. The van der Waals surface area contributed by atoms with Crippen LogP contribution in [0.15, 0.2) is 83.8 Å². The zero-order chi connectivity index (χ0) is 23.4. The molecule has 4 rings (SSSR count). The van der Waals surface area contributed by atoms with Gasteiger partial charge in [-0.2, -0.15) is 0 Å². The van der Waals surface area contributed by atoms with Gasteiger partial charge in [0.15, 0.2) is 0 Å². The summed E-state index contributed by atoms with van der Waals surface area (Å²) in [6, 6.07) is 21.8. The van der Waals surface area contributed by atoms with Crippen LogP contribution in [0, 0.1) is 0 Å². The minimum atomic E-state index is -3.56. The molecular formula is C25H25N3O4S. The lowest BCUT2D eigenvalue weighted by molar-refractivity contribution is 0.0939. The average molecular weight is 464 g/mol. The van der Waals surface area contributed by atoms with Gasteiger partial charge < -0.3 is 10.6 Å². The molecule has 3 N–H and O–H groups in total. The minimum absolute atomic E-state index is 0.0204. The molecule has 0 radical (unpaired) electrons. The van der Waals surface area contributed by atoms with Crippen molar-refractivity contribution in [1.82, 2.24) is 10.0 Å². The predicted octanol–water partition coefficient (Wildman–Crippen LogP) is 3.87. The van der Waals surface area contributed by atoms with Crippen LogP contribution in [-0.2, 0) is 10.0 Å². The number of benzene rings is 3. The summed E-state index contributed by atoms with van der Waals surface area (Å²) in [5, 5.41) is 5.77. The Balaban J connectivity index is 1.39. The molecule has 3 aromatic carbocycles. The van der Waals surface area contributed by atoms with Crippen molar-refractivity contribution in [3.63, 3.8) is 0 Å². The van der Waals surface area contributed by atoms with Gasteiger partial charge in [-0.1, -0.05) is 30.3 Å². The van der Waals surface area contributed by atoms with Crippen molar-refractivity contribution < 1.29 is 18.0 Å². The van der Waals surface area contributed by atoms with Gasteiger partial charge in [-0.05, 0) is 73.9 Å². The fourth-order valence-corrected chi connectivity index (χ4v) is 4.62. The van der Waals surface area contributed by atoms with E-state index in [1.165, 1.54) is 24.3 Å². The van der Waals surface area contributed by atoms with E-state index in [1.807, 2.05) is 31.2 Å². The Morgan fingerprint density at radius 1 is 0.848 bits per heavy atom. The molecule has 7 nitrogen and oxygen atoms in total. The largest absolute Gasteiger partial charge is 0.346 e. The van der Waals surface area contributed by atoms with Crippen LogP contribution < -0.4 is 15.4 Å². The van der Waals surface area contributed by atoms with Crippen LogP contribution in [0.3, 0.4) is 0 Å². The van der Waals surface area contributed by atoms with Crippen molar-refractivity contribution in [2.24, 2.45) is 0 Å². The van der Waals surface area contributed by atoms with Gasteiger partial charge in [-0.25, -0.2) is 13.1 Å². The molecule has 0 saturated heterocycles. The van der Waals surface area contributed by atoms with Gasteiger partial charge in [0.1, 0.15) is 0 Å². The molecular weight excluding hydrogens is 438 g/mol. The first-order chi connectivity index (χ1) is 15.8. The van der Waals surface area contributed by atoms with E-state index in [1.54, 1.807) is 30.3 Å². The van der Waals surface area contributed by atoms with Gasteiger partial charge in [0.05, 0.1) is 10.9 Å². The third-order valence-corrected chi connectivity index (χ3v) is 6.89. The SMILES string of the molecule is CC(NC(=O)c1ccc(S(=O)(=O)NC2CC2)cc1)c1cccc(NC(=O)c2ccccc2)c1. The number of sulfonamides is 1. The summed E-state index contributed by atoms with van der Waals surface area (Å²) < 4.78 is 27.2. The molecule has 170 valence electrons. The molecule has 0 aliphatic heterocycles. The first-order valence-electron chi connectivity index (χ1n) is 10.7. The van der Waals surface area contributed by atoms with E-state index < -0.39 is 10.0 Å². The summed E-state index contributed by atoms with van der Waals surface area (Å²) in [7, 11) is -3.56. The molecule has 1 aliphatic carbocycles. The van der Waals surface area contributed by atoms with E-state index in [0.29, 0.717) is 16.8 Å². The number of rotatable bonds is 8. The van der Waals surface area contributed by atoms with Crippen LogP contribution in [0.25, 0.3) is 0 Å². The Bertz CT molecular complexity index is 1250. The highest BCUT2D eigenvalue weighted by Gasteiger charge is 2.28. The van der Waals surface area contributed by atoms with E-state index in [4.69, 9.17) is 0 Å². The molecule has 1 saturated carbocycles. The van der Waals surface area contributed by atoms with E-state index in [-0.39, 0.29) is 28.8 Å². The van der Waals surface area contributed by atoms with Crippen LogP contribution in [0.2, 0.25) is 0 Å². The molecule has 3 aromatic rings. The highest BCUT2D eigenvalue weighted by atomic mass is 32.2. The van der Waals surface area contributed by atoms with Gasteiger partial charge in [0.25, 0.3) is 11.8 Å². The Kier molecular flexibility index (Phi) is 6.57. The second kappa shape index (κ2) is 9.56. The molecule has 1 aliphatic rings. The summed E-state index contributed by atoms with van der Waals surface area (Å²) in [4.78, 5) is 25.2. The number of amides is 2. The van der Waals surface area contributed by atoms with Crippen LogP contribution >= 0.6 is 0 Å². The summed E-state index contributed by atoms with van der Waals surface area (Å²) in [5.74, 6) is -0.531. The third kappa shape index (κ3) is 5.85. The standard InChI is InChI=1S/C25H25N3O4S/c1-17(20-8-5-9-22(16-20)27-25(30)18-6-3-2-4-7-18)26-24(29)19-10-14-23(15-11-19)33(31,32)28-21-12-13-21/h2-11,14-17,21,28H,12-13H2,1H3,(H,26,29)(H,27,30). The molecule has 1 fully saturated rings. The molecule has 1 atom stereocenters. The second-order valence-electron chi connectivity index (χ2n) is 8.06. The Morgan fingerprint density at radius 3 is 2.18 bits per heavy atom. The molecule has 2 amide bonds. The third-order valence-electron chi connectivity index (χ3n) is 5.35. The smallest absolute Gasteiger partial charge is 0.255 e. The first-order valence-corrected chi connectivity index (χ1v) is 12.2. The topological polar surface area (TPSA) is 104 Å². The zero-order valence-corrected chi connectivity index (χ0v) is 18.9. The quantitative estimate of drug-likeness (QED) is 0.472. The van der Waals surface area contributed by atoms with E-state index in [2.05, 4.69) is 15.4 Å². The predicted molar refractivity (Wildman–Crippen MR) is 127 cm³/mol. The van der Waals surface area contributed by atoms with Crippen LogP contribution in [0.1, 0.15) is 52.1 Å². The number of anilines is 1. The summed E-state index contributed by atoms with van der Waals surface area (Å²) >= 11 is 0. The van der Waals surface area contributed by atoms with Crippen molar-refractivity contribution in [3.05, 3.63) is 95.6 Å². The van der Waals surface area contributed by atoms with Crippen molar-refractivity contribution in [1.29, 1.82) is 0 Å². The van der Waals surface area contributed by atoms with Gasteiger partial charge in [-0.3, -0.25) is 9.59 Å². The Labute approximate surface area is 193 Å². The maximum Gasteiger partial charge on any atom is 0.255 e. The van der Waals surface area contributed by atoms with Crippen LogP contribution in [0.4, 0.5) is 5.69 Å². The monoisotopic (exact) mass is 463 g/mol. The molecule has 0 bridgehead atoms.